The summed E-state index contributed by atoms with van der Waals surface area (Å²) < 4.78 is 10.0. The van der Waals surface area contributed by atoms with Gasteiger partial charge in [0.05, 0.1) is 6.92 Å². The van der Waals surface area contributed by atoms with Crippen molar-refractivity contribution < 1.29 is 9.16 Å². The Morgan fingerprint density at radius 3 is 2.71 bits per heavy atom. The molecule has 40 valence electrons. The molecule has 1 rings (SSSR count). The van der Waals surface area contributed by atoms with E-state index in [2.05, 4.69) is 0 Å². The van der Waals surface area contributed by atoms with Gasteiger partial charge in [-0.3, -0.25) is 0 Å². The Morgan fingerprint density at radius 1 is 1.86 bits per heavy atom. The third kappa shape index (κ3) is 0.918. The van der Waals surface area contributed by atoms with E-state index in [0.29, 0.717) is 12.6 Å². The number of ether oxygens (including phenoxy) is 1. The van der Waals surface area contributed by atoms with Gasteiger partial charge in [-0.15, -0.1) is 0 Å². The molecule has 7 heavy (non-hydrogen) atoms. The van der Waals surface area contributed by atoms with Gasteiger partial charge in [0.25, 0.3) is 6.10 Å². The van der Waals surface area contributed by atoms with Gasteiger partial charge >= 0.3 is 5.97 Å². The first kappa shape index (κ1) is 4.62. The lowest BCUT2D eigenvalue weighted by molar-refractivity contribution is -0.449. The summed E-state index contributed by atoms with van der Waals surface area (Å²) in [6.45, 7) is 4.52. The first-order valence-corrected chi connectivity index (χ1v) is 2.42. The second-order valence-electron chi connectivity index (χ2n) is 1.73. The van der Waals surface area contributed by atoms with Crippen molar-refractivity contribution in [2.75, 3.05) is 6.61 Å². The topological polar surface area (TPSA) is 20.5 Å². The maximum absolute atomic E-state index is 5.06. The average Bonchev–Trinajstić information content (AvgIpc) is 1.87. The minimum atomic E-state index is 0.264. The lowest BCUT2D eigenvalue weighted by Crippen LogP contribution is -2.04. The second kappa shape index (κ2) is 1.52. The summed E-state index contributed by atoms with van der Waals surface area (Å²) in [6, 6.07) is 0. The number of hydrogen-bond donors (Lipinski definition) is 0. The molecule has 2 heteroatoms. The minimum absolute atomic E-state index is 0.264. The van der Waals surface area contributed by atoms with Crippen LogP contribution in [0.15, 0.2) is 0 Å². The smallest absolute Gasteiger partial charge is 0.315 e. The Bertz CT molecular complexity index is 96.3. The van der Waals surface area contributed by atoms with Gasteiger partial charge in [-0.25, -0.2) is 0 Å². The van der Waals surface area contributed by atoms with Crippen LogP contribution in [-0.2, 0) is 9.16 Å². The molecule has 2 nitrogen and oxygen atoms in total. The van der Waals surface area contributed by atoms with E-state index in [0.717, 1.165) is 0 Å². The number of esters is 1. The molecule has 0 bridgehead atoms. The van der Waals surface area contributed by atoms with Crippen LogP contribution in [0.3, 0.4) is 0 Å². The van der Waals surface area contributed by atoms with Gasteiger partial charge in [-0.1, -0.05) is 0 Å². The van der Waals surface area contributed by atoms with Crippen LogP contribution in [0, 0.1) is 0 Å². The molecule has 0 fully saturated rings. The van der Waals surface area contributed by atoms with Crippen LogP contribution in [0.25, 0.3) is 0 Å². The monoisotopic (exact) mass is 101 g/mol. The van der Waals surface area contributed by atoms with Crippen molar-refractivity contribution in [2.45, 2.75) is 20.0 Å². The number of rotatable bonds is 0. The van der Waals surface area contributed by atoms with Crippen LogP contribution in [0.1, 0.15) is 13.8 Å². The largest absolute Gasteiger partial charge is 0.482 e. The van der Waals surface area contributed by atoms with Gasteiger partial charge in [-0.05, 0) is 0 Å². The molecule has 1 heterocycles. The zero-order valence-electron chi connectivity index (χ0n) is 4.60. The average molecular weight is 101 g/mol. The molecule has 0 amide bonds. The molecule has 0 spiro atoms. The predicted molar refractivity (Wildman–Crippen MR) is 26.1 cm³/mol. The summed E-state index contributed by atoms with van der Waals surface area (Å²) in [7, 11) is 0. The molecule has 0 saturated heterocycles. The molecule has 0 aliphatic carbocycles. The Labute approximate surface area is 42.8 Å². The fourth-order valence-corrected chi connectivity index (χ4v) is 0.586. The molecule has 0 aromatic carbocycles. The van der Waals surface area contributed by atoms with Gasteiger partial charge in [0.2, 0.25) is 6.61 Å². The summed E-state index contributed by atoms with van der Waals surface area (Å²) in [6.07, 6.45) is 0.264. The van der Waals surface area contributed by atoms with Crippen LogP contribution >= 0.6 is 0 Å². The molecule has 0 radical (unpaired) electrons. The fraction of sp³-hybridized carbons (Fsp3) is 0.800. The maximum Gasteiger partial charge on any atom is 0.482 e. The van der Waals surface area contributed by atoms with Gasteiger partial charge in [0.15, 0.2) is 0 Å². The summed E-state index contributed by atoms with van der Waals surface area (Å²) >= 11 is 0. The van der Waals surface area contributed by atoms with E-state index in [9.17, 15) is 0 Å². The number of hydrogen-bond acceptors (Lipinski definition) is 1. The van der Waals surface area contributed by atoms with E-state index in [1.807, 2.05) is 13.8 Å². The van der Waals surface area contributed by atoms with E-state index in [1.165, 1.54) is 0 Å². The highest BCUT2D eigenvalue weighted by molar-refractivity contribution is 5.67. The fourth-order valence-electron chi connectivity index (χ4n) is 0.586. The quantitative estimate of drug-likeness (QED) is 0.321. The minimum Gasteiger partial charge on any atom is -0.315 e. The predicted octanol–water partition coefficient (Wildman–Crippen LogP) is 0.487. The van der Waals surface area contributed by atoms with Crippen molar-refractivity contribution in [2.24, 2.45) is 0 Å². The molecule has 1 aliphatic heterocycles. The van der Waals surface area contributed by atoms with Crippen molar-refractivity contribution >= 4 is 5.97 Å². The normalized spacial score (nSPS) is 29.4. The molecule has 0 saturated carbocycles. The Kier molecular flexibility index (Phi) is 1.01. The van der Waals surface area contributed by atoms with Crippen molar-refractivity contribution in [3.05, 3.63) is 0 Å². The molecule has 1 unspecified atom stereocenters. The zero-order valence-corrected chi connectivity index (χ0v) is 4.60. The first-order chi connectivity index (χ1) is 3.29. The Hall–Kier alpha value is -0.530. The summed E-state index contributed by atoms with van der Waals surface area (Å²) in [5.41, 5.74) is 0. The van der Waals surface area contributed by atoms with Crippen molar-refractivity contribution in [1.29, 1.82) is 0 Å². The molecule has 0 aromatic heterocycles. The van der Waals surface area contributed by atoms with Crippen molar-refractivity contribution in [1.82, 2.24) is 0 Å². The zero-order chi connectivity index (χ0) is 5.28. The number of cyclic esters (lactones) is 1. The molecule has 1 atom stereocenters. The van der Waals surface area contributed by atoms with E-state index in [4.69, 9.17) is 9.16 Å². The molecule has 0 aromatic rings. The third-order valence-electron chi connectivity index (χ3n) is 0.888. The molecular formula is C5H9O2+. The molecule has 1 aliphatic rings. The van der Waals surface area contributed by atoms with Crippen molar-refractivity contribution in [3.8, 4) is 0 Å². The summed E-state index contributed by atoms with van der Waals surface area (Å²) in [4.78, 5) is 0. The SMILES string of the molecule is CC1=[O+]CC(C)O1. The third-order valence-corrected chi connectivity index (χ3v) is 0.888. The summed E-state index contributed by atoms with van der Waals surface area (Å²) in [5.74, 6) is 0.701. The van der Waals surface area contributed by atoms with E-state index < -0.39 is 0 Å². The first-order valence-electron chi connectivity index (χ1n) is 2.42. The van der Waals surface area contributed by atoms with E-state index in [1.54, 1.807) is 0 Å². The van der Waals surface area contributed by atoms with Crippen LogP contribution in [0.2, 0.25) is 0 Å². The van der Waals surface area contributed by atoms with Gasteiger partial charge < -0.3 is 9.16 Å². The highest BCUT2D eigenvalue weighted by Crippen LogP contribution is 1.96. The molecule has 0 N–H and O–H groups in total. The van der Waals surface area contributed by atoms with Gasteiger partial charge in [-0.2, -0.15) is 0 Å². The Balaban J connectivity index is 2.42. The maximum atomic E-state index is 5.06. The van der Waals surface area contributed by atoms with Crippen LogP contribution < -0.4 is 0 Å². The van der Waals surface area contributed by atoms with E-state index >= 15 is 0 Å². The van der Waals surface area contributed by atoms with Gasteiger partial charge in [0.1, 0.15) is 0 Å². The highest BCUT2D eigenvalue weighted by atomic mass is 16.6. The second-order valence-corrected chi connectivity index (χ2v) is 1.73. The van der Waals surface area contributed by atoms with Crippen LogP contribution in [0.4, 0.5) is 0 Å². The summed E-state index contributed by atoms with van der Waals surface area (Å²) in [5, 5.41) is 0. The Morgan fingerprint density at radius 2 is 2.57 bits per heavy atom. The van der Waals surface area contributed by atoms with Crippen LogP contribution in [0.5, 0.6) is 0 Å². The molecular weight excluding hydrogens is 92.1 g/mol. The van der Waals surface area contributed by atoms with Gasteiger partial charge in [0, 0.05) is 6.92 Å². The van der Waals surface area contributed by atoms with E-state index in [-0.39, 0.29) is 6.10 Å². The highest BCUT2D eigenvalue weighted by Gasteiger charge is 2.23. The van der Waals surface area contributed by atoms with Crippen LogP contribution in [-0.4, -0.2) is 18.7 Å². The standard InChI is InChI=1S/C5H9O2/c1-4-3-6-5(2)7-4/h4H,3H2,1-2H3/q+1. The number of carbonyl (C=O) groups excluding carboxylic acids is 1. The van der Waals surface area contributed by atoms with Crippen molar-refractivity contribution in [3.63, 3.8) is 0 Å². The lowest BCUT2D eigenvalue weighted by Gasteiger charge is -1.83. The lowest BCUT2D eigenvalue weighted by atomic mass is 10.5.